The van der Waals surface area contributed by atoms with Gasteiger partial charge in [-0.05, 0) is 48.6 Å². The highest BCUT2D eigenvalue weighted by Gasteiger charge is 2.25. The van der Waals surface area contributed by atoms with Crippen LogP contribution < -0.4 is 5.69 Å². The standard InChI is InChI=1S/C22H16ClN5OS/c23-16-6-2-1-4-14(16)12-27-21-18(15-5-3-7-17(15)30-21)20-25-19(26-28(20)22(27)29)13-8-10-24-11-9-13/h1-2,4,6,8-11H,3,5,7,12H2. The van der Waals surface area contributed by atoms with Crippen LogP contribution in [0, 0.1) is 0 Å². The van der Waals surface area contributed by atoms with Crippen molar-refractivity contribution in [2.75, 3.05) is 0 Å². The van der Waals surface area contributed by atoms with Crippen LogP contribution in [0.15, 0.2) is 53.6 Å². The number of hydrogen-bond acceptors (Lipinski definition) is 5. The predicted molar refractivity (Wildman–Crippen MR) is 118 cm³/mol. The third kappa shape index (κ3) is 2.62. The summed E-state index contributed by atoms with van der Waals surface area (Å²) in [6, 6.07) is 11.3. The average molecular weight is 434 g/mol. The molecular weight excluding hydrogens is 418 g/mol. The Kier molecular flexibility index (Phi) is 4.01. The summed E-state index contributed by atoms with van der Waals surface area (Å²) in [6.45, 7) is 0.398. The Balaban J connectivity index is 1.67. The van der Waals surface area contributed by atoms with Crippen LogP contribution >= 0.6 is 22.9 Å². The van der Waals surface area contributed by atoms with Gasteiger partial charge in [-0.15, -0.1) is 16.4 Å². The van der Waals surface area contributed by atoms with Gasteiger partial charge in [-0.1, -0.05) is 29.8 Å². The smallest absolute Gasteiger partial charge is 0.278 e. The van der Waals surface area contributed by atoms with Crippen LogP contribution in [0.5, 0.6) is 0 Å². The number of aryl methyl sites for hydroxylation is 2. The van der Waals surface area contributed by atoms with Gasteiger partial charge in [0.15, 0.2) is 11.5 Å². The summed E-state index contributed by atoms with van der Waals surface area (Å²) in [5, 5.41) is 6.28. The van der Waals surface area contributed by atoms with Gasteiger partial charge in [0.2, 0.25) is 0 Å². The summed E-state index contributed by atoms with van der Waals surface area (Å²) >= 11 is 8.10. The lowest BCUT2D eigenvalue weighted by molar-refractivity contribution is 0.720. The Hall–Kier alpha value is -3.03. The second kappa shape index (κ2) is 6.75. The van der Waals surface area contributed by atoms with Gasteiger partial charge in [-0.3, -0.25) is 9.55 Å². The summed E-state index contributed by atoms with van der Waals surface area (Å²) in [7, 11) is 0. The number of pyridine rings is 1. The quantitative estimate of drug-likeness (QED) is 0.424. The van der Waals surface area contributed by atoms with Crippen LogP contribution in [0.1, 0.15) is 22.4 Å². The Labute approximate surface area is 180 Å². The molecule has 0 aliphatic heterocycles. The molecule has 4 heterocycles. The van der Waals surface area contributed by atoms with Crippen LogP contribution in [-0.2, 0) is 19.4 Å². The highest BCUT2D eigenvalue weighted by atomic mass is 35.5. The predicted octanol–water partition coefficient (Wildman–Crippen LogP) is 4.36. The number of rotatable bonds is 3. The number of nitrogens with zero attached hydrogens (tertiary/aromatic N) is 5. The summed E-state index contributed by atoms with van der Waals surface area (Å²) in [5.41, 5.74) is 3.49. The molecule has 0 N–H and O–H groups in total. The minimum Gasteiger partial charge on any atom is -0.278 e. The largest absolute Gasteiger partial charge is 0.352 e. The SMILES string of the molecule is O=c1n(Cc2ccccc2Cl)c2sc3c(c2c2nc(-c4ccncc4)nn12)CCC3. The Morgan fingerprint density at radius 1 is 1.10 bits per heavy atom. The molecule has 0 fully saturated rings. The van der Waals surface area contributed by atoms with E-state index in [4.69, 9.17) is 16.6 Å². The van der Waals surface area contributed by atoms with Crippen molar-refractivity contribution < 1.29 is 0 Å². The van der Waals surface area contributed by atoms with Gasteiger partial charge in [-0.25, -0.2) is 9.78 Å². The van der Waals surface area contributed by atoms with Crippen LogP contribution in [0.4, 0.5) is 0 Å². The second-order valence-corrected chi connectivity index (χ2v) is 8.90. The number of benzene rings is 1. The lowest BCUT2D eigenvalue weighted by atomic mass is 10.2. The van der Waals surface area contributed by atoms with Crippen molar-refractivity contribution in [3.63, 3.8) is 0 Å². The highest BCUT2D eigenvalue weighted by Crippen LogP contribution is 2.39. The van der Waals surface area contributed by atoms with E-state index in [1.54, 1.807) is 28.3 Å². The van der Waals surface area contributed by atoms with Crippen molar-refractivity contribution in [1.82, 2.24) is 24.1 Å². The van der Waals surface area contributed by atoms with Gasteiger partial charge in [0.1, 0.15) is 4.83 Å². The summed E-state index contributed by atoms with van der Waals surface area (Å²) in [4.78, 5) is 24.6. The molecule has 0 radical (unpaired) electrons. The molecule has 1 aromatic carbocycles. The van der Waals surface area contributed by atoms with Gasteiger partial charge in [0.05, 0.1) is 11.9 Å². The topological polar surface area (TPSA) is 65.1 Å². The first kappa shape index (κ1) is 17.8. The molecule has 0 atom stereocenters. The molecule has 0 saturated heterocycles. The maximum absolute atomic E-state index is 13.5. The molecule has 5 aromatic rings. The molecule has 0 unspecified atom stereocenters. The summed E-state index contributed by atoms with van der Waals surface area (Å²) in [6.07, 6.45) is 6.60. The minimum atomic E-state index is -0.204. The monoisotopic (exact) mass is 433 g/mol. The van der Waals surface area contributed by atoms with Gasteiger partial charge in [-0.2, -0.15) is 4.52 Å². The Bertz CT molecular complexity index is 1480. The first-order chi connectivity index (χ1) is 14.7. The average Bonchev–Trinajstić information content (AvgIpc) is 3.47. The highest BCUT2D eigenvalue weighted by molar-refractivity contribution is 7.19. The third-order valence-corrected chi connectivity index (χ3v) is 7.30. The normalized spacial score (nSPS) is 13.4. The maximum atomic E-state index is 13.5. The molecule has 6 nitrogen and oxygen atoms in total. The van der Waals surface area contributed by atoms with E-state index in [-0.39, 0.29) is 5.69 Å². The van der Waals surface area contributed by atoms with E-state index in [1.165, 1.54) is 15.0 Å². The van der Waals surface area contributed by atoms with Crippen molar-refractivity contribution in [3.8, 4) is 11.4 Å². The third-order valence-electron chi connectivity index (χ3n) is 5.62. The van der Waals surface area contributed by atoms with E-state index < -0.39 is 0 Å². The number of hydrogen-bond donors (Lipinski definition) is 0. The van der Waals surface area contributed by atoms with Crippen molar-refractivity contribution in [2.24, 2.45) is 0 Å². The van der Waals surface area contributed by atoms with Crippen molar-refractivity contribution >= 4 is 38.8 Å². The molecule has 0 spiro atoms. The lowest BCUT2D eigenvalue weighted by Crippen LogP contribution is -2.28. The van der Waals surface area contributed by atoms with Gasteiger partial charge >= 0.3 is 5.69 Å². The zero-order chi connectivity index (χ0) is 20.2. The van der Waals surface area contributed by atoms with Gasteiger partial charge in [0.25, 0.3) is 0 Å². The number of fused-ring (bicyclic) bond motifs is 5. The molecule has 1 aliphatic carbocycles. The van der Waals surface area contributed by atoms with Crippen molar-refractivity contribution in [3.05, 3.63) is 80.3 Å². The number of aromatic nitrogens is 5. The fourth-order valence-electron chi connectivity index (χ4n) is 4.18. The Morgan fingerprint density at radius 3 is 2.77 bits per heavy atom. The number of halogens is 1. The van der Waals surface area contributed by atoms with Gasteiger partial charge in [0, 0.05) is 27.9 Å². The zero-order valence-electron chi connectivity index (χ0n) is 15.9. The first-order valence-corrected chi connectivity index (χ1v) is 11.0. The van der Waals surface area contributed by atoms with E-state index in [9.17, 15) is 4.79 Å². The fraction of sp³-hybridized carbons (Fsp3) is 0.182. The Morgan fingerprint density at radius 2 is 1.93 bits per heavy atom. The minimum absolute atomic E-state index is 0.204. The lowest BCUT2D eigenvalue weighted by Gasteiger charge is -2.10. The molecule has 30 heavy (non-hydrogen) atoms. The molecule has 6 rings (SSSR count). The molecule has 0 bridgehead atoms. The van der Waals surface area contributed by atoms with E-state index in [0.29, 0.717) is 23.0 Å². The van der Waals surface area contributed by atoms with Crippen LogP contribution in [0.25, 0.3) is 27.3 Å². The molecule has 8 heteroatoms. The number of thiophene rings is 1. The van der Waals surface area contributed by atoms with Crippen LogP contribution in [0.3, 0.4) is 0 Å². The molecule has 148 valence electrons. The molecule has 1 aliphatic rings. The molecule has 0 amide bonds. The molecular formula is C22H16ClN5OS. The van der Waals surface area contributed by atoms with E-state index in [0.717, 1.165) is 40.6 Å². The summed E-state index contributed by atoms with van der Waals surface area (Å²) < 4.78 is 3.23. The van der Waals surface area contributed by atoms with Gasteiger partial charge < -0.3 is 0 Å². The van der Waals surface area contributed by atoms with E-state index in [2.05, 4.69) is 10.1 Å². The zero-order valence-corrected chi connectivity index (χ0v) is 17.5. The first-order valence-electron chi connectivity index (χ1n) is 9.78. The molecule has 0 saturated carbocycles. The van der Waals surface area contributed by atoms with Crippen molar-refractivity contribution in [2.45, 2.75) is 25.8 Å². The molecule has 4 aromatic heterocycles. The second-order valence-electron chi connectivity index (χ2n) is 7.40. The van der Waals surface area contributed by atoms with Crippen LogP contribution in [0.2, 0.25) is 5.02 Å². The maximum Gasteiger partial charge on any atom is 0.352 e. The summed E-state index contributed by atoms with van der Waals surface area (Å²) in [5.74, 6) is 0.532. The van der Waals surface area contributed by atoms with Crippen molar-refractivity contribution in [1.29, 1.82) is 0 Å². The fourth-order valence-corrected chi connectivity index (χ4v) is 5.75. The van der Waals surface area contributed by atoms with Crippen LogP contribution in [-0.4, -0.2) is 24.1 Å². The van der Waals surface area contributed by atoms with E-state index in [1.807, 2.05) is 36.4 Å². The van der Waals surface area contributed by atoms with E-state index >= 15 is 0 Å².